The number of carbonyl (C=O) groups is 1. The summed E-state index contributed by atoms with van der Waals surface area (Å²) in [7, 11) is 1.51. The molecule has 0 fully saturated rings. The zero-order chi connectivity index (χ0) is 18.5. The second-order valence-electron chi connectivity index (χ2n) is 5.24. The van der Waals surface area contributed by atoms with Gasteiger partial charge >= 0.3 is 0 Å². The van der Waals surface area contributed by atoms with Gasteiger partial charge in [0.05, 0.1) is 17.8 Å². The molecule has 0 saturated carbocycles. The molecule has 0 unspecified atom stereocenters. The number of thiazole rings is 1. The van der Waals surface area contributed by atoms with E-state index in [-0.39, 0.29) is 5.91 Å². The van der Waals surface area contributed by atoms with Crippen LogP contribution in [0.25, 0.3) is 17.3 Å². The van der Waals surface area contributed by atoms with E-state index in [1.807, 2.05) is 35.7 Å². The Morgan fingerprint density at radius 2 is 2.00 bits per heavy atom. The molecule has 1 N–H and O–H groups in total. The van der Waals surface area contributed by atoms with E-state index in [4.69, 9.17) is 27.9 Å². The molecule has 4 nitrogen and oxygen atoms in total. The number of ether oxygens (including phenoxy) is 1. The minimum Gasteiger partial charge on any atom is -0.495 e. The first-order chi connectivity index (χ1) is 12.6. The number of anilines is 1. The van der Waals surface area contributed by atoms with Crippen molar-refractivity contribution in [3.63, 3.8) is 0 Å². The van der Waals surface area contributed by atoms with Gasteiger partial charge in [-0.25, -0.2) is 4.98 Å². The lowest BCUT2D eigenvalue weighted by Crippen LogP contribution is -2.07. The molecule has 7 heteroatoms. The first kappa shape index (κ1) is 18.5. The van der Waals surface area contributed by atoms with Crippen molar-refractivity contribution in [3.05, 3.63) is 69.5 Å². The van der Waals surface area contributed by atoms with Crippen LogP contribution in [0.3, 0.4) is 0 Å². The van der Waals surface area contributed by atoms with E-state index < -0.39 is 0 Å². The van der Waals surface area contributed by atoms with Gasteiger partial charge in [0.2, 0.25) is 5.91 Å². The molecule has 0 radical (unpaired) electrons. The van der Waals surface area contributed by atoms with Gasteiger partial charge in [0.1, 0.15) is 5.75 Å². The first-order valence-corrected chi connectivity index (χ1v) is 9.23. The van der Waals surface area contributed by atoms with Crippen molar-refractivity contribution in [3.8, 4) is 17.0 Å². The fraction of sp³-hybridized carbons (Fsp3) is 0.0526. The second-order valence-corrected chi connectivity index (χ2v) is 6.94. The number of rotatable bonds is 5. The molecule has 132 valence electrons. The Hall–Kier alpha value is -2.34. The fourth-order valence-corrected chi connectivity index (χ4v) is 3.61. The summed E-state index contributed by atoms with van der Waals surface area (Å²) >= 11 is 13.5. The molecule has 1 heterocycles. The number of hydrogen-bond donors (Lipinski definition) is 1. The third-order valence-corrected chi connectivity index (χ3v) is 4.72. The van der Waals surface area contributed by atoms with Crippen LogP contribution in [0.2, 0.25) is 10.0 Å². The van der Waals surface area contributed by atoms with Crippen molar-refractivity contribution in [2.45, 2.75) is 0 Å². The van der Waals surface area contributed by atoms with Crippen molar-refractivity contribution in [1.82, 2.24) is 4.98 Å². The third-order valence-electron chi connectivity index (χ3n) is 3.46. The minimum absolute atomic E-state index is 0.308. The fourth-order valence-electron chi connectivity index (χ4n) is 2.30. The molecular formula is C19H14Cl2N2O2S. The summed E-state index contributed by atoms with van der Waals surface area (Å²) in [5.41, 5.74) is 2.43. The van der Waals surface area contributed by atoms with E-state index in [9.17, 15) is 4.79 Å². The van der Waals surface area contributed by atoms with Gasteiger partial charge in [-0.05, 0) is 18.2 Å². The molecule has 0 aliphatic heterocycles. The third kappa shape index (κ3) is 4.43. The Morgan fingerprint density at radius 1 is 1.23 bits per heavy atom. The molecule has 0 aliphatic carbocycles. The summed E-state index contributed by atoms with van der Waals surface area (Å²) < 4.78 is 5.25. The van der Waals surface area contributed by atoms with E-state index in [0.29, 0.717) is 26.5 Å². The summed E-state index contributed by atoms with van der Waals surface area (Å²) in [6.45, 7) is 0. The Labute approximate surface area is 165 Å². The Morgan fingerprint density at radius 3 is 2.73 bits per heavy atom. The molecule has 1 amide bonds. The van der Waals surface area contributed by atoms with Crippen molar-refractivity contribution in [2.75, 3.05) is 12.4 Å². The molecule has 0 saturated heterocycles. The van der Waals surface area contributed by atoms with Crippen LogP contribution in [0.5, 0.6) is 5.75 Å². The summed E-state index contributed by atoms with van der Waals surface area (Å²) in [4.78, 5) is 16.6. The van der Waals surface area contributed by atoms with Gasteiger partial charge in [0, 0.05) is 27.6 Å². The summed E-state index contributed by atoms with van der Waals surface area (Å²) in [5, 5.41) is 6.01. The quantitative estimate of drug-likeness (QED) is 0.548. The standard InChI is InChI=1S/C19H14Cl2N2O2S/c1-25-18-13(9-14(20)10-15(18)21)7-8-17(24)23-19-22-16(11-26-19)12-5-3-2-4-6-12/h2-11H,1H3,(H,22,23,24)/b8-7+. The smallest absolute Gasteiger partial charge is 0.250 e. The van der Waals surface area contributed by atoms with E-state index >= 15 is 0 Å². The zero-order valence-corrected chi connectivity index (χ0v) is 16.0. The maximum atomic E-state index is 12.2. The van der Waals surface area contributed by atoms with Crippen molar-refractivity contribution in [1.29, 1.82) is 0 Å². The van der Waals surface area contributed by atoms with Crippen LogP contribution >= 0.6 is 34.5 Å². The summed E-state index contributed by atoms with van der Waals surface area (Å²) in [5.74, 6) is 0.151. The largest absolute Gasteiger partial charge is 0.495 e. The molecule has 26 heavy (non-hydrogen) atoms. The van der Waals surface area contributed by atoms with Gasteiger partial charge < -0.3 is 4.74 Å². The van der Waals surface area contributed by atoms with E-state index in [1.165, 1.54) is 24.5 Å². The molecule has 1 aromatic heterocycles. The van der Waals surface area contributed by atoms with Gasteiger partial charge in [0.25, 0.3) is 0 Å². The predicted octanol–water partition coefficient (Wildman–Crippen LogP) is 5.78. The maximum Gasteiger partial charge on any atom is 0.250 e. The van der Waals surface area contributed by atoms with Gasteiger partial charge in [-0.2, -0.15) is 0 Å². The predicted molar refractivity (Wildman–Crippen MR) is 108 cm³/mol. The lowest BCUT2D eigenvalue weighted by molar-refractivity contribution is -0.111. The van der Waals surface area contributed by atoms with E-state index in [2.05, 4.69) is 10.3 Å². The van der Waals surface area contributed by atoms with Crippen LogP contribution in [0.15, 0.2) is 53.9 Å². The van der Waals surface area contributed by atoms with Crippen LogP contribution < -0.4 is 10.1 Å². The number of halogens is 2. The molecule has 2 aromatic carbocycles. The normalized spacial score (nSPS) is 10.9. The molecular weight excluding hydrogens is 391 g/mol. The molecule has 0 spiro atoms. The lowest BCUT2D eigenvalue weighted by Gasteiger charge is -2.07. The SMILES string of the molecule is COc1c(Cl)cc(Cl)cc1/C=C/C(=O)Nc1nc(-c2ccccc2)cs1. The zero-order valence-electron chi connectivity index (χ0n) is 13.7. The monoisotopic (exact) mass is 404 g/mol. The number of nitrogens with zero attached hydrogens (tertiary/aromatic N) is 1. The van der Waals surface area contributed by atoms with Crippen molar-refractivity contribution < 1.29 is 9.53 Å². The van der Waals surface area contributed by atoms with Crippen LogP contribution in [-0.4, -0.2) is 18.0 Å². The number of aromatic nitrogens is 1. The molecule has 0 aliphatic rings. The highest BCUT2D eigenvalue weighted by Gasteiger charge is 2.09. The Bertz CT molecular complexity index is 955. The number of methoxy groups -OCH3 is 1. The number of carbonyl (C=O) groups excluding carboxylic acids is 1. The maximum absolute atomic E-state index is 12.2. The Balaban J connectivity index is 1.72. The van der Waals surface area contributed by atoms with Crippen molar-refractivity contribution in [2.24, 2.45) is 0 Å². The van der Waals surface area contributed by atoms with Gasteiger partial charge in [-0.3, -0.25) is 10.1 Å². The molecule has 0 bridgehead atoms. The van der Waals surface area contributed by atoms with Crippen LogP contribution in [0.4, 0.5) is 5.13 Å². The molecule has 3 aromatic rings. The summed E-state index contributed by atoms with van der Waals surface area (Å²) in [6, 6.07) is 13.0. The van der Waals surface area contributed by atoms with E-state index in [0.717, 1.165) is 11.3 Å². The lowest BCUT2D eigenvalue weighted by atomic mass is 10.2. The van der Waals surface area contributed by atoms with Gasteiger partial charge in [-0.1, -0.05) is 53.5 Å². The van der Waals surface area contributed by atoms with Gasteiger partial charge in [-0.15, -0.1) is 11.3 Å². The molecule has 0 atom stereocenters. The number of nitrogens with one attached hydrogen (secondary N) is 1. The van der Waals surface area contributed by atoms with Crippen LogP contribution in [0.1, 0.15) is 5.56 Å². The highest BCUT2D eigenvalue weighted by molar-refractivity contribution is 7.14. The molecule has 3 rings (SSSR count). The number of amides is 1. The first-order valence-electron chi connectivity index (χ1n) is 7.60. The van der Waals surface area contributed by atoms with Crippen LogP contribution in [-0.2, 0) is 4.79 Å². The van der Waals surface area contributed by atoms with Crippen LogP contribution in [0, 0.1) is 0 Å². The average molecular weight is 405 g/mol. The minimum atomic E-state index is -0.308. The summed E-state index contributed by atoms with van der Waals surface area (Å²) in [6.07, 6.45) is 2.98. The average Bonchev–Trinajstić information content (AvgIpc) is 3.09. The topological polar surface area (TPSA) is 51.2 Å². The Kier molecular flexibility index (Phi) is 5.93. The number of hydrogen-bond acceptors (Lipinski definition) is 4. The highest BCUT2D eigenvalue weighted by Crippen LogP contribution is 2.33. The van der Waals surface area contributed by atoms with E-state index in [1.54, 1.807) is 18.2 Å². The van der Waals surface area contributed by atoms with Gasteiger partial charge in [0.15, 0.2) is 5.13 Å². The highest BCUT2D eigenvalue weighted by atomic mass is 35.5. The van der Waals surface area contributed by atoms with Crippen molar-refractivity contribution >= 4 is 51.7 Å². The number of benzene rings is 2. The second kappa shape index (κ2) is 8.36.